The predicted molar refractivity (Wildman–Crippen MR) is 95.9 cm³/mol. The van der Waals surface area contributed by atoms with Crippen LogP contribution in [0.5, 0.6) is 0 Å². The van der Waals surface area contributed by atoms with Crippen molar-refractivity contribution >= 4 is 17.8 Å². The number of urea groups is 1. The van der Waals surface area contributed by atoms with Gasteiger partial charge in [0.2, 0.25) is 0 Å². The highest BCUT2D eigenvalue weighted by atomic mass is 32.2. The van der Waals surface area contributed by atoms with Gasteiger partial charge in [0.05, 0.1) is 0 Å². The molecule has 2 rings (SSSR count). The third-order valence-electron chi connectivity index (χ3n) is 4.25. The van der Waals surface area contributed by atoms with Gasteiger partial charge in [-0.15, -0.1) is 11.8 Å². The number of aliphatic hydroxyl groups excluding tert-OH is 1. The fourth-order valence-corrected chi connectivity index (χ4v) is 3.93. The van der Waals surface area contributed by atoms with Gasteiger partial charge in [0, 0.05) is 36.4 Å². The molecule has 2 amide bonds. The first-order chi connectivity index (χ1) is 11.1. The average Bonchev–Trinajstić information content (AvgIpc) is 2.55. The molecular weight excluding hydrogens is 308 g/mol. The third kappa shape index (κ3) is 6.07. The fourth-order valence-electron chi connectivity index (χ4n) is 2.69. The highest BCUT2D eigenvalue weighted by molar-refractivity contribution is 8.00. The maximum absolute atomic E-state index is 12.1. The minimum atomic E-state index is 0.0362. The summed E-state index contributed by atoms with van der Waals surface area (Å²) in [5, 5.41) is 12.5. The number of carbonyl (C=O) groups is 1. The van der Waals surface area contributed by atoms with Crippen molar-refractivity contribution in [2.45, 2.75) is 43.3 Å². The van der Waals surface area contributed by atoms with E-state index in [4.69, 9.17) is 5.11 Å². The lowest BCUT2D eigenvalue weighted by Gasteiger charge is -2.31. The summed E-state index contributed by atoms with van der Waals surface area (Å²) in [6, 6.07) is 8.65. The van der Waals surface area contributed by atoms with Gasteiger partial charge in [-0.3, -0.25) is 0 Å². The number of nitrogens with one attached hydrogen (secondary N) is 1. The van der Waals surface area contributed by atoms with Crippen molar-refractivity contribution in [2.24, 2.45) is 5.92 Å². The Kier molecular flexibility index (Phi) is 7.24. The molecule has 0 spiro atoms. The first-order valence-electron chi connectivity index (χ1n) is 8.45. The predicted octanol–water partition coefficient (Wildman–Crippen LogP) is 3.28. The van der Waals surface area contributed by atoms with E-state index in [-0.39, 0.29) is 18.6 Å². The minimum Gasteiger partial charge on any atom is -0.396 e. The number of nitrogens with zero attached hydrogens (tertiary/aromatic N) is 1. The number of piperidine rings is 1. The van der Waals surface area contributed by atoms with Crippen molar-refractivity contribution in [3.05, 3.63) is 29.8 Å². The van der Waals surface area contributed by atoms with Gasteiger partial charge >= 0.3 is 6.03 Å². The summed E-state index contributed by atoms with van der Waals surface area (Å²) in [5.74, 6) is 0.242. The smallest absolute Gasteiger partial charge is 0.317 e. The first-order valence-corrected chi connectivity index (χ1v) is 9.33. The Morgan fingerprint density at radius 1 is 1.43 bits per heavy atom. The Morgan fingerprint density at radius 3 is 2.83 bits per heavy atom. The van der Waals surface area contributed by atoms with Crippen LogP contribution in [-0.2, 0) is 0 Å². The molecule has 1 aliphatic heterocycles. The summed E-state index contributed by atoms with van der Waals surface area (Å²) < 4.78 is 0. The van der Waals surface area contributed by atoms with Gasteiger partial charge in [-0.25, -0.2) is 4.79 Å². The van der Waals surface area contributed by atoms with Crippen molar-refractivity contribution < 1.29 is 9.90 Å². The Bertz CT molecular complexity index is 502. The molecule has 1 atom stereocenters. The van der Waals surface area contributed by atoms with Crippen molar-refractivity contribution in [2.75, 3.05) is 26.2 Å². The van der Waals surface area contributed by atoms with E-state index in [2.05, 4.69) is 36.5 Å². The standard InChI is InChI=1S/C18H28N2O2S/c1-14-4-3-5-17(12-14)23-16-7-10-20(11-8-16)18(22)19-9-6-15(2)13-21/h3-5,12,15-16,21H,6-11,13H2,1-2H3,(H,19,22)/t15-/m1/s1. The lowest BCUT2D eigenvalue weighted by Crippen LogP contribution is -2.45. The maximum atomic E-state index is 12.1. The van der Waals surface area contributed by atoms with E-state index in [0.717, 1.165) is 32.4 Å². The van der Waals surface area contributed by atoms with Crippen LogP contribution in [0.25, 0.3) is 0 Å². The van der Waals surface area contributed by atoms with Crippen LogP contribution >= 0.6 is 11.8 Å². The molecule has 1 saturated heterocycles. The molecule has 2 N–H and O–H groups in total. The second-order valence-electron chi connectivity index (χ2n) is 6.43. The quantitative estimate of drug-likeness (QED) is 0.838. The highest BCUT2D eigenvalue weighted by Gasteiger charge is 2.23. The lowest BCUT2D eigenvalue weighted by molar-refractivity contribution is 0.185. The van der Waals surface area contributed by atoms with Crippen LogP contribution in [0, 0.1) is 12.8 Å². The lowest BCUT2D eigenvalue weighted by atomic mass is 10.1. The zero-order valence-electron chi connectivity index (χ0n) is 14.1. The van der Waals surface area contributed by atoms with E-state index in [1.807, 2.05) is 23.6 Å². The minimum absolute atomic E-state index is 0.0362. The van der Waals surface area contributed by atoms with Crippen LogP contribution in [-0.4, -0.2) is 47.5 Å². The van der Waals surface area contributed by atoms with Gasteiger partial charge in [-0.2, -0.15) is 0 Å². The molecule has 1 aliphatic rings. The van der Waals surface area contributed by atoms with Crippen molar-refractivity contribution in [1.29, 1.82) is 0 Å². The van der Waals surface area contributed by atoms with Crippen LogP contribution in [0.1, 0.15) is 31.7 Å². The number of hydrogen-bond donors (Lipinski definition) is 2. The van der Waals surface area contributed by atoms with E-state index in [9.17, 15) is 4.79 Å². The molecule has 1 heterocycles. The summed E-state index contributed by atoms with van der Waals surface area (Å²) in [6.45, 7) is 6.57. The Labute approximate surface area is 143 Å². The zero-order chi connectivity index (χ0) is 16.7. The first kappa shape index (κ1) is 18.1. The second-order valence-corrected chi connectivity index (χ2v) is 7.80. The molecule has 23 heavy (non-hydrogen) atoms. The average molecular weight is 337 g/mol. The molecule has 0 bridgehead atoms. The Balaban J connectivity index is 1.70. The van der Waals surface area contributed by atoms with Gasteiger partial charge in [0.15, 0.2) is 0 Å². The number of aryl methyl sites for hydroxylation is 1. The number of carbonyl (C=O) groups excluding carboxylic acids is 1. The van der Waals surface area contributed by atoms with Crippen LogP contribution in [0.4, 0.5) is 4.79 Å². The third-order valence-corrected chi connectivity index (χ3v) is 5.58. The van der Waals surface area contributed by atoms with Crippen molar-refractivity contribution in [3.63, 3.8) is 0 Å². The van der Waals surface area contributed by atoms with E-state index < -0.39 is 0 Å². The summed E-state index contributed by atoms with van der Waals surface area (Å²) in [6.07, 6.45) is 2.90. The zero-order valence-corrected chi connectivity index (χ0v) is 14.9. The van der Waals surface area contributed by atoms with Crippen LogP contribution in [0.15, 0.2) is 29.2 Å². The van der Waals surface area contributed by atoms with E-state index in [1.165, 1.54) is 10.5 Å². The Morgan fingerprint density at radius 2 is 2.17 bits per heavy atom. The molecule has 1 fully saturated rings. The summed E-state index contributed by atoms with van der Waals surface area (Å²) in [5.41, 5.74) is 1.30. The van der Waals surface area contributed by atoms with Crippen molar-refractivity contribution in [3.8, 4) is 0 Å². The molecule has 0 aliphatic carbocycles. The number of thioether (sulfide) groups is 1. The Hall–Kier alpha value is -1.20. The summed E-state index contributed by atoms with van der Waals surface area (Å²) >= 11 is 1.93. The van der Waals surface area contributed by atoms with Gasteiger partial charge in [-0.05, 0) is 44.2 Å². The highest BCUT2D eigenvalue weighted by Crippen LogP contribution is 2.30. The van der Waals surface area contributed by atoms with E-state index in [1.54, 1.807) is 0 Å². The molecule has 0 aromatic heterocycles. The van der Waals surface area contributed by atoms with Gasteiger partial charge < -0.3 is 15.3 Å². The molecular formula is C18H28N2O2S. The second kappa shape index (κ2) is 9.18. The number of amides is 2. The molecule has 1 aromatic rings. The summed E-state index contributed by atoms with van der Waals surface area (Å²) in [4.78, 5) is 15.4. The molecule has 1 aromatic carbocycles. The van der Waals surface area contributed by atoms with E-state index in [0.29, 0.717) is 11.8 Å². The fraction of sp³-hybridized carbons (Fsp3) is 0.611. The van der Waals surface area contributed by atoms with E-state index >= 15 is 0 Å². The largest absolute Gasteiger partial charge is 0.396 e. The molecule has 0 unspecified atom stereocenters. The molecule has 0 saturated carbocycles. The van der Waals surface area contributed by atoms with Crippen LogP contribution < -0.4 is 5.32 Å². The monoisotopic (exact) mass is 336 g/mol. The molecule has 5 heteroatoms. The van der Waals surface area contributed by atoms with Crippen molar-refractivity contribution in [1.82, 2.24) is 10.2 Å². The number of rotatable bonds is 6. The maximum Gasteiger partial charge on any atom is 0.317 e. The van der Waals surface area contributed by atoms with Crippen LogP contribution in [0.2, 0.25) is 0 Å². The van der Waals surface area contributed by atoms with Gasteiger partial charge in [-0.1, -0.05) is 24.6 Å². The SMILES string of the molecule is Cc1cccc(SC2CCN(C(=O)NCC[C@@H](C)CO)CC2)c1. The van der Waals surface area contributed by atoms with Crippen LogP contribution in [0.3, 0.4) is 0 Å². The molecule has 0 radical (unpaired) electrons. The molecule has 4 nitrogen and oxygen atoms in total. The normalized spacial score (nSPS) is 17.1. The summed E-state index contributed by atoms with van der Waals surface area (Å²) in [7, 11) is 0. The number of hydrogen-bond acceptors (Lipinski definition) is 3. The van der Waals surface area contributed by atoms with Gasteiger partial charge in [0.1, 0.15) is 0 Å². The number of likely N-dealkylation sites (tertiary alicyclic amines) is 1. The van der Waals surface area contributed by atoms with Gasteiger partial charge in [0.25, 0.3) is 0 Å². The topological polar surface area (TPSA) is 52.6 Å². The molecule has 128 valence electrons. The number of benzene rings is 1. The number of aliphatic hydroxyl groups is 1.